The number of aryl methyl sites for hydroxylation is 1. The standard InChI is InChI=1S/C13H11BrCl2N2/c1-8-6-11(15)18-13(16)12(8)17-7-9-4-2-3-5-10(9)14/h2-6,17H,7H2,1H3. The lowest BCUT2D eigenvalue weighted by molar-refractivity contribution is 1.11. The number of benzene rings is 1. The fourth-order valence-corrected chi connectivity index (χ4v) is 2.66. The number of rotatable bonds is 3. The van der Waals surface area contributed by atoms with E-state index in [1.165, 1.54) is 0 Å². The van der Waals surface area contributed by atoms with Crippen LogP contribution < -0.4 is 5.32 Å². The van der Waals surface area contributed by atoms with E-state index in [0.29, 0.717) is 16.9 Å². The highest BCUT2D eigenvalue weighted by atomic mass is 79.9. The number of halogens is 3. The second-order valence-corrected chi connectivity index (χ2v) is 5.47. The molecule has 0 unspecified atom stereocenters. The highest BCUT2D eigenvalue weighted by Gasteiger charge is 2.08. The number of anilines is 1. The first kappa shape index (κ1) is 13.7. The molecule has 0 atom stereocenters. The monoisotopic (exact) mass is 344 g/mol. The van der Waals surface area contributed by atoms with Crippen LogP contribution in [0.5, 0.6) is 0 Å². The van der Waals surface area contributed by atoms with Gasteiger partial charge < -0.3 is 5.32 Å². The molecule has 2 aromatic rings. The molecule has 0 saturated heterocycles. The van der Waals surface area contributed by atoms with Crippen LogP contribution in [0.25, 0.3) is 0 Å². The lowest BCUT2D eigenvalue weighted by atomic mass is 10.2. The predicted octanol–water partition coefficient (Wildman–Crippen LogP) is 5.07. The van der Waals surface area contributed by atoms with Gasteiger partial charge in [-0.1, -0.05) is 57.3 Å². The Labute approximate surface area is 124 Å². The molecule has 2 rings (SSSR count). The SMILES string of the molecule is Cc1cc(Cl)nc(Cl)c1NCc1ccccc1Br. The molecule has 0 saturated carbocycles. The number of nitrogens with zero attached hydrogens (tertiary/aromatic N) is 1. The molecule has 0 radical (unpaired) electrons. The third kappa shape index (κ3) is 3.16. The van der Waals surface area contributed by atoms with Crippen LogP contribution in [-0.2, 0) is 6.54 Å². The lowest BCUT2D eigenvalue weighted by Gasteiger charge is -2.12. The highest BCUT2D eigenvalue weighted by molar-refractivity contribution is 9.10. The van der Waals surface area contributed by atoms with Crippen molar-refractivity contribution in [3.63, 3.8) is 0 Å². The fourth-order valence-electron chi connectivity index (χ4n) is 1.63. The summed E-state index contributed by atoms with van der Waals surface area (Å²) in [5.41, 5.74) is 2.95. The van der Waals surface area contributed by atoms with Gasteiger partial charge in [-0.15, -0.1) is 0 Å². The number of pyridine rings is 1. The molecule has 18 heavy (non-hydrogen) atoms. The first-order valence-electron chi connectivity index (χ1n) is 5.38. The zero-order valence-corrected chi connectivity index (χ0v) is 12.8. The van der Waals surface area contributed by atoms with Gasteiger partial charge in [0.25, 0.3) is 0 Å². The van der Waals surface area contributed by atoms with Crippen molar-refractivity contribution in [3.8, 4) is 0 Å². The van der Waals surface area contributed by atoms with E-state index in [2.05, 4.69) is 26.2 Å². The van der Waals surface area contributed by atoms with Crippen molar-refractivity contribution in [2.75, 3.05) is 5.32 Å². The molecule has 0 fully saturated rings. The number of hydrogen-bond donors (Lipinski definition) is 1. The van der Waals surface area contributed by atoms with Gasteiger partial charge in [0.15, 0.2) is 5.15 Å². The Morgan fingerprint density at radius 2 is 2.00 bits per heavy atom. The number of hydrogen-bond acceptors (Lipinski definition) is 2. The third-order valence-corrected chi connectivity index (χ3v) is 3.80. The van der Waals surface area contributed by atoms with Crippen LogP contribution >= 0.6 is 39.1 Å². The fraction of sp³-hybridized carbons (Fsp3) is 0.154. The maximum Gasteiger partial charge on any atom is 0.154 e. The summed E-state index contributed by atoms with van der Waals surface area (Å²) in [6.45, 7) is 2.62. The Balaban J connectivity index is 2.19. The van der Waals surface area contributed by atoms with Gasteiger partial charge >= 0.3 is 0 Å². The summed E-state index contributed by atoms with van der Waals surface area (Å²) in [6.07, 6.45) is 0. The molecular weight excluding hydrogens is 335 g/mol. The van der Waals surface area contributed by atoms with Crippen molar-refractivity contribution in [2.24, 2.45) is 0 Å². The summed E-state index contributed by atoms with van der Waals surface area (Å²) in [7, 11) is 0. The second kappa shape index (κ2) is 5.91. The second-order valence-electron chi connectivity index (χ2n) is 3.87. The van der Waals surface area contributed by atoms with Crippen molar-refractivity contribution in [1.82, 2.24) is 4.98 Å². The third-order valence-electron chi connectivity index (χ3n) is 2.55. The minimum atomic E-state index is 0.395. The van der Waals surface area contributed by atoms with Gasteiger partial charge in [0, 0.05) is 11.0 Å². The van der Waals surface area contributed by atoms with E-state index >= 15 is 0 Å². The van der Waals surface area contributed by atoms with Gasteiger partial charge in [-0.25, -0.2) is 4.98 Å². The van der Waals surface area contributed by atoms with Crippen LogP contribution in [-0.4, -0.2) is 4.98 Å². The Bertz CT molecular complexity index is 550. The molecule has 0 amide bonds. The Hall–Kier alpha value is -0.770. The average Bonchev–Trinajstić information content (AvgIpc) is 2.30. The van der Waals surface area contributed by atoms with Gasteiger partial charge in [-0.05, 0) is 30.2 Å². The van der Waals surface area contributed by atoms with Crippen molar-refractivity contribution in [2.45, 2.75) is 13.5 Å². The van der Waals surface area contributed by atoms with Crippen LogP contribution in [0.1, 0.15) is 11.1 Å². The quantitative estimate of drug-likeness (QED) is 0.785. The minimum Gasteiger partial charge on any atom is -0.378 e. The van der Waals surface area contributed by atoms with Crippen LogP contribution in [0.15, 0.2) is 34.8 Å². The van der Waals surface area contributed by atoms with Crippen LogP contribution in [0.3, 0.4) is 0 Å². The predicted molar refractivity (Wildman–Crippen MR) is 80.5 cm³/mol. The number of nitrogens with one attached hydrogen (secondary N) is 1. The maximum atomic E-state index is 6.07. The van der Waals surface area contributed by atoms with E-state index in [9.17, 15) is 0 Å². The van der Waals surface area contributed by atoms with Gasteiger partial charge in [0.05, 0.1) is 5.69 Å². The average molecular weight is 346 g/mol. The smallest absolute Gasteiger partial charge is 0.154 e. The van der Waals surface area contributed by atoms with Gasteiger partial charge in [-0.3, -0.25) is 0 Å². The molecule has 2 nitrogen and oxygen atoms in total. The highest BCUT2D eigenvalue weighted by Crippen LogP contribution is 2.27. The maximum absolute atomic E-state index is 6.07. The first-order valence-corrected chi connectivity index (χ1v) is 6.92. The molecule has 1 aromatic heterocycles. The summed E-state index contributed by atoms with van der Waals surface area (Å²) in [5, 5.41) is 4.08. The summed E-state index contributed by atoms with van der Waals surface area (Å²) in [4.78, 5) is 4.03. The summed E-state index contributed by atoms with van der Waals surface area (Å²) in [6, 6.07) is 9.82. The van der Waals surface area contributed by atoms with Gasteiger partial charge in [0.2, 0.25) is 0 Å². The van der Waals surface area contributed by atoms with E-state index in [-0.39, 0.29) is 0 Å². The van der Waals surface area contributed by atoms with Crippen molar-refractivity contribution < 1.29 is 0 Å². The van der Waals surface area contributed by atoms with E-state index in [1.807, 2.05) is 31.2 Å². The normalized spacial score (nSPS) is 10.4. The lowest BCUT2D eigenvalue weighted by Crippen LogP contribution is -2.03. The van der Waals surface area contributed by atoms with Gasteiger partial charge in [0.1, 0.15) is 5.15 Å². The zero-order valence-electron chi connectivity index (χ0n) is 9.67. The molecule has 1 heterocycles. The Kier molecular flexibility index (Phi) is 4.49. The molecule has 0 spiro atoms. The van der Waals surface area contributed by atoms with Gasteiger partial charge in [-0.2, -0.15) is 0 Å². The molecule has 0 aliphatic rings. The van der Waals surface area contributed by atoms with E-state index in [0.717, 1.165) is 21.3 Å². The van der Waals surface area contributed by atoms with E-state index < -0.39 is 0 Å². The molecule has 5 heteroatoms. The minimum absolute atomic E-state index is 0.395. The molecular formula is C13H11BrCl2N2. The molecule has 1 N–H and O–H groups in total. The summed E-state index contributed by atoms with van der Waals surface area (Å²) in [5.74, 6) is 0. The Morgan fingerprint density at radius 1 is 1.28 bits per heavy atom. The summed E-state index contributed by atoms with van der Waals surface area (Å²) < 4.78 is 1.06. The molecule has 0 aliphatic heterocycles. The Morgan fingerprint density at radius 3 is 2.67 bits per heavy atom. The molecule has 0 bridgehead atoms. The summed E-state index contributed by atoms with van der Waals surface area (Å²) >= 11 is 15.4. The zero-order chi connectivity index (χ0) is 13.1. The molecule has 94 valence electrons. The molecule has 0 aliphatic carbocycles. The van der Waals surface area contributed by atoms with Crippen LogP contribution in [0.4, 0.5) is 5.69 Å². The topological polar surface area (TPSA) is 24.9 Å². The molecule has 1 aromatic carbocycles. The van der Waals surface area contributed by atoms with Crippen LogP contribution in [0.2, 0.25) is 10.3 Å². The number of aromatic nitrogens is 1. The first-order chi connectivity index (χ1) is 8.58. The largest absolute Gasteiger partial charge is 0.378 e. The van der Waals surface area contributed by atoms with Crippen LogP contribution in [0, 0.1) is 6.92 Å². The van der Waals surface area contributed by atoms with Crippen molar-refractivity contribution in [1.29, 1.82) is 0 Å². The van der Waals surface area contributed by atoms with E-state index in [4.69, 9.17) is 23.2 Å². The van der Waals surface area contributed by atoms with Crippen molar-refractivity contribution >= 4 is 44.8 Å². The van der Waals surface area contributed by atoms with E-state index in [1.54, 1.807) is 6.07 Å². The van der Waals surface area contributed by atoms with Crippen molar-refractivity contribution in [3.05, 3.63) is 56.2 Å².